The van der Waals surface area contributed by atoms with Gasteiger partial charge in [0.2, 0.25) is 5.91 Å². The van der Waals surface area contributed by atoms with Crippen LogP contribution in [0.3, 0.4) is 0 Å². The van der Waals surface area contributed by atoms with Crippen molar-refractivity contribution < 1.29 is 19.1 Å². The lowest BCUT2D eigenvalue weighted by molar-refractivity contribution is -0.133. The average molecular weight is 388 g/mol. The fourth-order valence-corrected chi connectivity index (χ4v) is 3.96. The second kappa shape index (κ2) is 9.10. The molecule has 0 saturated heterocycles. The highest BCUT2D eigenvalue weighted by molar-refractivity contribution is 7.09. The van der Waals surface area contributed by atoms with Crippen molar-refractivity contribution in [2.45, 2.75) is 25.3 Å². The van der Waals surface area contributed by atoms with Crippen LogP contribution in [0.1, 0.15) is 39.8 Å². The van der Waals surface area contributed by atoms with E-state index in [0.29, 0.717) is 25.6 Å². The SMILES string of the molecule is COCCCN(Cc1nc(C(=O)OC)cs1)C(=O)C1CC1c1ccccc1. The van der Waals surface area contributed by atoms with Crippen molar-refractivity contribution in [1.29, 1.82) is 0 Å². The molecule has 3 rings (SSSR count). The van der Waals surface area contributed by atoms with E-state index in [9.17, 15) is 9.59 Å². The second-order valence-electron chi connectivity index (χ2n) is 6.58. The number of rotatable bonds is 9. The summed E-state index contributed by atoms with van der Waals surface area (Å²) in [5, 5.41) is 2.40. The highest BCUT2D eigenvalue weighted by Gasteiger charge is 2.45. The molecule has 1 aromatic carbocycles. The smallest absolute Gasteiger partial charge is 0.357 e. The third-order valence-corrected chi connectivity index (χ3v) is 5.53. The number of nitrogens with zero attached hydrogens (tertiary/aromatic N) is 2. The molecule has 0 aliphatic heterocycles. The molecule has 2 unspecified atom stereocenters. The van der Waals surface area contributed by atoms with Gasteiger partial charge in [0, 0.05) is 31.6 Å². The minimum Gasteiger partial charge on any atom is -0.464 e. The molecular formula is C20H24N2O4S. The maximum Gasteiger partial charge on any atom is 0.357 e. The molecule has 0 radical (unpaired) electrons. The van der Waals surface area contributed by atoms with Crippen LogP contribution in [0.2, 0.25) is 0 Å². The van der Waals surface area contributed by atoms with Gasteiger partial charge >= 0.3 is 5.97 Å². The van der Waals surface area contributed by atoms with Crippen LogP contribution in [0.25, 0.3) is 0 Å². The van der Waals surface area contributed by atoms with Crippen LogP contribution in [0.4, 0.5) is 0 Å². The zero-order chi connectivity index (χ0) is 19.2. The van der Waals surface area contributed by atoms with Gasteiger partial charge in [0.1, 0.15) is 5.01 Å². The van der Waals surface area contributed by atoms with Crippen molar-refractivity contribution >= 4 is 23.2 Å². The summed E-state index contributed by atoms with van der Waals surface area (Å²) in [6.45, 7) is 1.61. The minimum absolute atomic E-state index is 0.0231. The van der Waals surface area contributed by atoms with Gasteiger partial charge in [-0.15, -0.1) is 11.3 Å². The fraction of sp³-hybridized carbons (Fsp3) is 0.450. The van der Waals surface area contributed by atoms with Crippen LogP contribution in [-0.2, 0) is 20.8 Å². The standard InChI is InChI=1S/C20H24N2O4S/c1-25-10-6-9-22(12-18-21-17(13-27-18)20(24)26-2)19(23)16-11-15(16)14-7-4-3-5-8-14/h3-5,7-8,13,15-16H,6,9-12H2,1-2H3. The topological polar surface area (TPSA) is 68.7 Å². The Balaban J connectivity index is 1.66. The Hall–Kier alpha value is -2.25. The number of methoxy groups -OCH3 is 2. The molecule has 1 aliphatic rings. The van der Waals surface area contributed by atoms with Gasteiger partial charge in [0.15, 0.2) is 5.69 Å². The summed E-state index contributed by atoms with van der Waals surface area (Å²) in [4.78, 5) is 30.8. The molecule has 0 N–H and O–H groups in total. The number of ether oxygens (including phenoxy) is 2. The van der Waals surface area contributed by atoms with Gasteiger partial charge in [-0.25, -0.2) is 9.78 Å². The van der Waals surface area contributed by atoms with Crippen molar-refractivity contribution in [1.82, 2.24) is 9.88 Å². The van der Waals surface area contributed by atoms with Gasteiger partial charge < -0.3 is 14.4 Å². The Bertz CT molecular complexity index is 777. The number of carbonyl (C=O) groups excluding carboxylic acids is 2. The van der Waals surface area contributed by atoms with E-state index in [2.05, 4.69) is 17.1 Å². The van der Waals surface area contributed by atoms with Crippen LogP contribution >= 0.6 is 11.3 Å². The van der Waals surface area contributed by atoms with E-state index >= 15 is 0 Å². The summed E-state index contributed by atoms with van der Waals surface area (Å²) < 4.78 is 9.83. The van der Waals surface area contributed by atoms with E-state index in [-0.39, 0.29) is 17.5 Å². The van der Waals surface area contributed by atoms with Crippen LogP contribution in [0.15, 0.2) is 35.7 Å². The molecule has 6 nitrogen and oxygen atoms in total. The van der Waals surface area contributed by atoms with Gasteiger partial charge in [-0.3, -0.25) is 4.79 Å². The lowest BCUT2D eigenvalue weighted by Crippen LogP contribution is -2.33. The largest absolute Gasteiger partial charge is 0.464 e. The number of thiazole rings is 1. The number of hydrogen-bond donors (Lipinski definition) is 0. The molecule has 2 atom stereocenters. The van der Waals surface area contributed by atoms with Gasteiger partial charge in [0.05, 0.1) is 13.7 Å². The quantitative estimate of drug-likeness (QED) is 0.488. The Kier molecular flexibility index (Phi) is 6.58. The second-order valence-corrected chi connectivity index (χ2v) is 7.53. The molecule has 0 bridgehead atoms. The Morgan fingerprint density at radius 1 is 1.26 bits per heavy atom. The molecule has 1 aliphatic carbocycles. The van der Waals surface area contributed by atoms with Gasteiger partial charge in [0.25, 0.3) is 0 Å². The average Bonchev–Trinajstić information content (AvgIpc) is 3.37. The number of benzene rings is 1. The maximum absolute atomic E-state index is 13.1. The first kappa shape index (κ1) is 19.5. The summed E-state index contributed by atoms with van der Waals surface area (Å²) in [6, 6.07) is 10.2. The van der Waals surface area contributed by atoms with Gasteiger partial charge in [-0.2, -0.15) is 0 Å². The van der Waals surface area contributed by atoms with Crippen LogP contribution < -0.4 is 0 Å². The molecule has 1 aromatic heterocycles. The van der Waals surface area contributed by atoms with Crippen molar-refractivity contribution in [2.24, 2.45) is 5.92 Å². The zero-order valence-corrected chi connectivity index (χ0v) is 16.4. The third-order valence-electron chi connectivity index (χ3n) is 4.70. The molecule has 7 heteroatoms. The number of amides is 1. The summed E-state index contributed by atoms with van der Waals surface area (Å²) in [5.41, 5.74) is 1.50. The first-order valence-corrected chi connectivity index (χ1v) is 9.87. The van der Waals surface area contributed by atoms with E-state index in [1.165, 1.54) is 24.0 Å². The lowest BCUT2D eigenvalue weighted by atomic mass is 10.1. The van der Waals surface area contributed by atoms with Gasteiger partial charge in [-0.05, 0) is 24.3 Å². The predicted molar refractivity (Wildman–Crippen MR) is 103 cm³/mol. The highest BCUT2D eigenvalue weighted by Crippen LogP contribution is 2.48. The molecule has 1 saturated carbocycles. The maximum atomic E-state index is 13.1. The van der Waals surface area contributed by atoms with E-state index in [0.717, 1.165) is 17.8 Å². The lowest BCUT2D eigenvalue weighted by Gasteiger charge is -2.22. The Morgan fingerprint density at radius 3 is 2.74 bits per heavy atom. The monoisotopic (exact) mass is 388 g/mol. The fourth-order valence-electron chi connectivity index (χ4n) is 3.18. The Labute approximate surface area is 163 Å². The summed E-state index contributed by atoms with van der Waals surface area (Å²) >= 11 is 1.37. The predicted octanol–water partition coefficient (Wildman–Crippen LogP) is 3.10. The first-order valence-electron chi connectivity index (χ1n) is 8.99. The van der Waals surface area contributed by atoms with E-state index in [4.69, 9.17) is 9.47 Å². The van der Waals surface area contributed by atoms with Crippen LogP contribution in [-0.4, -0.2) is 49.1 Å². The van der Waals surface area contributed by atoms with Crippen molar-refractivity contribution in [3.8, 4) is 0 Å². The molecule has 2 aromatic rings. The summed E-state index contributed by atoms with van der Waals surface area (Å²) in [5.74, 6) is 0.0106. The highest BCUT2D eigenvalue weighted by atomic mass is 32.1. The number of hydrogen-bond acceptors (Lipinski definition) is 6. The summed E-state index contributed by atoms with van der Waals surface area (Å²) in [7, 11) is 2.99. The Morgan fingerprint density at radius 2 is 2.04 bits per heavy atom. The zero-order valence-electron chi connectivity index (χ0n) is 15.6. The summed E-state index contributed by atoms with van der Waals surface area (Å²) in [6.07, 6.45) is 1.65. The van der Waals surface area contributed by atoms with Crippen molar-refractivity contribution in [3.63, 3.8) is 0 Å². The van der Waals surface area contributed by atoms with E-state index in [1.807, 2.05) is 23.1 Å². The first-order chi connectivity index (χ1) is 13.1. The molecule has 27 heavy (non-hydrogen) atoms. The number of carbonyl (C=O) groups is 2. The number of esters is 1. The van der Waals surface area contributed by atoms with Crippen LogP contribution in [0, 0.1) is 5.92 Å². The van der Waals surface area contributed by atoms with E-state index < -0.39 is 5.97 Å². The molecule has 1 fully saturated rings. The molecule has 1 amide bonds. The molecule has 144 valence electrons. The van der Waals surface area contributed by atoms with Crippen molar-refractivity contribution in [2.75, 3.05) is 27.4 Å². The normalized spacial score (nSPS) is 18.1. The minimum atomic E-state index is -0.457. The number of aromatic nitrogens is 1. The molecule has 1 heterocycles. The molecule has 0 spiro atoms. The van der Waals surface area contributed by atoms with Crippen molar-refractivity contribution in [3.05, 3.63) is 52.0 Å². The van der Waals surface area contributed by atoms with E-state index in [1.54, 1.807) is 12.5 Å². The van der Waals surface area contributed by atoms with Crippen LogP contribution in [0.5, 0.6) is 0 Å². The third kappa shape index (κ3) is 4.93. The molecular weight excluding hydrogens is 364 g/mol. The van der Waals surface area contributed by atoms with Gasteiger partial charge in [-0.1, -0.05) is 30.3 Å².